The molecule has 1 saturated heterocycles. The molecule has 0 bridgehead atoms. The van der Waals surface area contributed by atoms with Crippen molar-refractivity contribution in [2.45, 2.75) is 39.0 Å². The van der Waals surface area contributed by atoms with Gasteiger partial charge >= 0.3 is 0 Å². The van der Waals surface area contributed by atoms with Crippen LogP contribution in [0.15, 0.2) is 69.7 Å². The third-order valence-electron chi connectivity index (χ3n) is 5.50. The first-order valence-corrected chi connectivity index (χ1v) is 10.9. The first-order chi connectivity index (χ1) is 15.6. The topological polar surface area (TPSA) is 76.1 Å². The highest BCUT2D eigenvalue weighted by atomic mass is 16.5. The predicted octanol–water partition coefficient (Wildman–Crippen LogP) is 4.03. The number of nitrogens with zero attached hydrogens (tertiary/aromatic N) is 2. The van der Waals surface area contributed by atoms with Crippen LogP contribution in [0.4, 0.5) is 0 Å². The minimum Gasteiger partial charge on any atom is -0.464 e. The highest BCUT2D eigenvalue weighted by Gasteiger charge is 2.28. The third-order valence-corrected chi connectivity index (χ3v) is 5.50. The van der Waals surface area contributed by atoms with Gasteiger partial charge < -0.3 is 23.4 Å². The Labute approximate surface area is 187 Å². The van der Waals surface area contributed by atoms with E-state index >= 15 is 0 Å². The number of hydrogen-bond donors (Lipinski definition) is 0. The highest BCUT2D eigenvalue weighted by molar-refractivity contribution is 5.94. The fourth-order valence-electron chi connectivity index (χ4n) is 3.87. The maximum absolute atomic E-state index is 13.4. The van der Waals surface area contributed by atoms with Gasteiger partial charge in [-0.1, -0.05) is 30.3 Å². The second kappa shape index (κ2) is 10.3. The fraction of sp³-hybridized carbons (Fsp3) is 0.360. The van der Waals surface area contributed by atoms with Gasteiger partial charge in [0, 0.05) is 19.7 Å². The summed E-state index contributed by atoms with van der Waals surface area (Å²) in [6.45, 7) is 3.58. The summed E-state index contributed by atoms with van der Waals surface area (Å²) in [5, 5.41) is 0. The molecule has 1 aliphatic rings. The molecule has 168 valence electrons. The van der Waals surface area contributed by atoms with Crippen molar-refractivity contribution in [3.8, 4) is 0 Å². The largest absolute Gasteiger partial charge is 0.464 e. The summed E-state index contributed by atoms with van der Waals surface area (Å²) < 4.78 is 16.7. The number of furan rings is 2. The fourth-order valence-corrected chi connectivity index (χ4v) is 3.87. The second-order valence-electron chi connectivity index (χ2n) is 8.05. The number of benzene rings is 1. The van der Waals surface area contributed by atoms with E-state index in [2.05, 4.69) is 0 Å². The van der Waals surface area contributed by atoms with E-state index in [-0.39, 0.29) is 30.2 Å². The molecule has 7 heteroatoms. The minimum atomic E-state index is -0.313. The Morgan fingerprint density at radius 3 is 2.50 bits per heavy atom. The van der Waals surface area contributed by atoms with Crippen LogP contribution in [0.25, 0.3) is 0 Å². The predicted molar refractivity (Wildman–Crippen MR) is 118 cm³/mol. The van der Waals surface area contributed by atoms with Crippen LogP contribution in [0.5, 0.6) is 0 Å². The van der Waals surface area contributed by atoms with Gasteiger partial charge in [-0.3, -0.25) is 9.59 Å². The molecule has 1 aliphatic heterocycles. The highest BCUT2D eigenvalue weighted by Crippen LogP contribution is 2.18. The van der Waals surface area contributed by atoms with E-state index in [1.807, 2.05) is 49.4 Å². The van der Waals surface area contributed by atoms with Crippen LogP contribution in [-0.2, 0) is 22.6 Å². The Balaban J connectivity index is 1.52. The molecule has 32 heavy (non-hydrogen) atoms. The molecule has 1 unspecified atom stereocenters. The average molecular weight is 437 g/mol. The smallest absolute Gasteiger partial charge is 0.290 e. The summed E-state index contributed by atoms with van der Waals surface area (Å²) in [5.41, 5.74) is 1.01. The molecule has 3 aromatic rings. The Bertz CT molecular complexity index is 1010. The van der Waals surface area contributed by atoms with Crippen LogP contribution in [0.1, 0.15) is 40.5 Å². The standard InChI is InChI=1S/C25H28N2O5/c1-19-11-12-22(32-19)17-26(15-20-7-3-2-4-8-20)24(28)18-27(16-21-9-5-13-30-21)25(29)23-10-6-14-31-23/h2-4,6-8,10-12,14,21H,5,9,13,15-18H2,1H3. The average Bonchev–Trinajstić information content (AvgIpc) is 3.57. The molecule has 7 nitrogen and oxygen atoms in total. The summed E-state index contributed by atoms with van der Waals surface area (Å²) >= 11 is 0. The molecule has 1 aromatic carbocycles. The van der Waals surface area contributed by atoms with Crippen molar-refractivity contribution in [1.29, 1.82) is 0 Å². The monoisotopic (exact) mass is 436 g/mol. The molecule has 0 N–H and O–H groups in total. The first-order valence-electron chi connectivity index (χ1n) is 10.9. The maximum atomic E-state index is 13.4. The molecule has 1 atom stereocenters. The van der Waals surface area contributed by atoms with E-state index in [4.69, 9.17) is 13.6 Å². The van der Waals surface area contributed by atoms with Gasteiger partial charge in [0.05, 0.1) is 18.9 Å². The van der Waals surface area contributed by atoms with E-state index in [0.29, 0.717) is 32.0 Å². The molecular formula is C25H28N2O5. The van der Waals surface area contributed by atoms with Gasteiger partial charge in [-0.15, -0.1) is 0 Å². The van der Waals surface area contributed by atoms with Crippen LogP contribution < -0.4 is 0 Å². The normalized spacial score (nSPS) is 15.6. The van der Waals surface area contributed by atoms with E-state index < -0.39 is 0 Å². The van der Waals surface area contributed by atoms with Gasteiger partial charge in [0.15, 0.2) is 5.76 Å². The van der Waals surface area contributed by atoms with Gasteiger partial charge in [0.2, 0.25) is 5.91 Å². The molecule has 2 aromatic heterocycles. The van der Waals surface area contributed by atoms with E-state index in [9.17, 15) is 9.59 Å². The lowest BCUT2D eigenvalue weighted by Crippen LogP contribution is -2.45. The van der Waals surface area contributed by atoms with Crippen molar-refractivity contribution in [2.24, 2.45) is 0 Å². The van der Waals surface area contributed by atoms with Crippen LogP contribution in [0.3, 0.4) is 0 Å². The molecule has 0 radical (unpaired) electrons. The summed E-state index contributed by atoms with van der Waals surface area (Å²) in [6, 6.07) is 16.8. The number of rotatable bonds is 9. The summed E-state index contributed by atoms with van der Waals surface area (Å²) in [4.78, 5) is 29.7. The van der Waals surface area contributed by atoms with Crippen LogP contribution in [-0.4, -0.2) is 47.4 Å². The molecule has 0 aliphatic carbocycles. The molecule has 0 saturated carbocycles. The Hall–Kier alpha value is -3.32. The van der Waals surface area contributed by atoms with Gasteiger partial charge in [-0.05, 0) is 49.6 Å². The lowest BCUT2D eigenvalue weighted by atomic mass is 10.2. The van der Waals surface area contributed by atoms with Gasteiger partial charge in [-0.2, -0.15) is 0 Å². The number of amides is 2. The lowest BCUT2D eigenvalue weighted by molar-refractivity contribution is -0.133. The van der Waals surface area contributed by atoms with Crippen molar-refractivity contribution < 1.29 is 23.2 Å². The molecule has 0 spiro atoms. The second-order valence-corrected chi connectivity index (χ2v) is 8.05. The zero-order chi connectivity index (χ0) is 22.3. The quantitative estimate of drug-likeness (QED) is 0.506. The van der Waals surface area contributed by atoms with Crippen molar-refractivity contribution in [3.05, 3.63) is 83.7 Å². The zero-order valence-corrected chi connectivity index (χ0v) is 18.2. The van der Waals surface area contributed by atoms with Crippen molar-refractivity contribution >= 4 is 11.8 Å². The molecule has 1 fully saturated rings. The maximum Gasteiger partial charge on any atom is 0.290 e. The summed E-state index contributed by atoms with van der Waals surface area (Å²) in [7, 11) is 0. The van der Waals surface area contributed by atoms with Gasteiger partial charge in [0.25, 0.3) is 5.91 Å². The summed E-state index contributed by atoms with van der Waals surface area (Å²) in [6.07, 6.45) is 3.21. The number of hydrogen-bond acceptors (Lipinski definition) is 5. The lowest BCUT2D eigenvalue weighted by Gasteiger charge is -2.28. The number of carbonyl (C=O) groups is 2. The third kappa shape index (κ3) is 5.68. The molecular weight excluding hydrogens is 408 g/mol. The van der Waals surface area contributed by atoms with Crippen molar-refractivity contribution in [1.82, 2.24) is 9.80 Å². The minimum absolute atomic E-state index is 0.0636. The van der Waals surface area contributed by atoms with Crippen LogP contribution >= 0.6 is 0 Å². The van der Waals surface area contributed by atoms with E-state index in [1.54, 1.807) is 17.0 Å². The summed E-state index contributed by atoms with van der Waals surface area (Å²) in [5.74, 6) is 1.23. The van der Waals surface area contributed by atoms with E-state index in [1.165, 1.54) is 11.2 Å². The Morgan fingerprint density at radius 1 is 1.00 bits per heavy atom. The number of carbonyl (C=O) groups excluding carboxylic acids is 2. The van der Waals surface area contributed by atoms with Crippen LogP contribution in [0.2, 0.25) is 0 Å². The molecule has 2 amide bonds. The van der Waals surface area contributed by atoms with Crippen LogP contribution in [0, 0.1) is 6.92 Å². The Kier molecular flexibility index (Phi) is 7.07. The van der Waals surface area contributed by atoms with Gasteiger partial charge in [0.1, 0.15) is 18.1 Å². The van der Waals surface area contributed by atoms with E-state index in [0.717, 1.165) is 24.2 Å². The van der Waals surface area contributed by atoms with Crippen molar-refractivity contribution in [3.63, 3.8) is 0 Å². The molecule has 4 rings (SSSR count). The van der Waals surface area contributed by atoms with Gasteiger partial charge in [-0.25, -0.2) is 0 Å². The molecule has 3 heterocycles. The zero-order valence-electron chi connectivity index (χ0n) is 18.2. The number of aryl methyl sites for hydroxylation is 1. The Morgan fingerprint density at radius 2 is 1.84 bits per heavy atom. The number of ether oxygens (including phenoxy) is 1. The first kappa shape index (κ1) is 21.9. The van der Waals surface area contributed by atoms with Crippen molar-refractivity contribution in [2.75, 3.05) is 19.7 Å². The SMILES string of the molecule is Cc1ccc(CN(Cc2ccccc2)C(=O)CN(CC2CCCO2)C(=O)c2ccco2)o1.